The molecule has 0 bridgehead atoms. The van der Waals surface area contributed by atoms with Gasteiger partial charge in [-0.1, -0.05) is 12.1 Å². The second-order valence-corrected chi connectivity index (χ2v) is 5.48. The van der Waals surface area contributed by atoms with Crippen molar-refractivity contribution in [2.45, 2.75) is 0 Å². The van der Waals surface area contributed by atoms with Gasteiger partial charge in [-0.2, -0.15) is 5.26 Å². The van der Waals surface area contributed by atoms with Gasteiger partial charge < -0.3 is 4.74 Å². The van der Waals surface area contributed by atoms with Gasteiger partial charge in [0.15, 0.2) is 0 Å². The number of methoxy groups -OCH3 is 1. The van der Waals surface area contributed by atoms with E-state index in [0.29, 0.717) is 5.56 Å². The highest BCUT2D eigenvalue weighted by atomic mass is 32.1. The molecule has 3 aromatic rings. The van der Waals surface area contributed by atoms with E-state index in [1.165, 1.54) is 0 Å². The third-order valence-corrected chi connectivity index (χ3v) is 4.24. The van der Waals surface area contributed by atoms with E-state index >= 15 is 0 Å². The summed E-state index contributed by atoms with van der Waals surface area (Å²) in [7, 11) is 1.65. The van der Waals surface area contributed by atoms with Crippen LogP contribution < -0.4 is 4.74 Å². The monoisotopic (exact) mass is 292 g/mol. The zero-order valence-electron chi connectivity index (χ0n) is 11.4. The van der Waals surface area contributed by atoms with E-state index in [1.54, 1.807) is 18.4 Å². The molecule has 1 aromatic heterocycles. The third-order valence-electron chi connectivity index (χ3n) is 3.14. The van der Waals surface area contributed by atoms with Crippen molar-refractivity contribution >= 4 is 11.3 Å². The maximum Gasteiger partial charge on any atom is 0.123 e. The molecule has 3 rings (SSSR count). The van der Waals surface area contributed by atoms with Crippen LogP contribution in [-0.4, -0.2) is 12.1 Å². The first kappa shape index (κ1) is 13.3. The molecule has 2 aromatic carbocycles. The summed E-state index contributed by atoms with van der Waals surface area (Å²) in [5, 5.41) is 9.79. The van der Waals surface area contributed by atoms with E-state index in [-0.39, 0.29) is 0 Å². The molecular formula is C17H12N2OS. The maximum absolute atomic E-state index is 8.82. The summed E-state index contributed by atoms with van der Waals surface area (Å²) in [6.07, 6.45) is 1.87. The second kappa shape index (κ2) is 5.78. The lowest BCUT2D eigenvalue weighted by atomic mass is 10.1. The summed E-state index contributed by atoms with van der Waals surface area (Å²) in [6, 6.07) is 17.5. The van der Waals surface area contributed by atoms with Crippen molar-refractivity contribution in [1.29, 1.82) is 5.26 Å². The Morgan fingerprint density at radius 3 is 2.29 bits per heavy atom. The lowest BCUT2D eigenvalue weighted by Crippen LogP contribution is -1.81. The first-order valence-corrected chi connectivity index (χ1v) is 7.22. The Morgan fingerprint density at radius 1 is 1.00 bits per heavy atom. The van der Waals surface area contributed by atoms with Crippen LogP contribution in [0.4, 0.5) is 0 Å². The van der Waals surface area contributed by atoms with E-state index in [4.69, 9.17) is 10.00 Å². The zero-order valence-corrected chi connectivity index (χ0v) is 12.2. The van der Waals surface area contributed by atoms with Gasteiger partial charge >= 0.3 is 0 Å². The van der Waals surface area contributed by atoms with Gasteiger partial charge in [0.05, 0.1) is 23.6 Å². The largest absolute Gasteiger partial charge is 0.497 e. The van der Waals surface area contributed by atoms with E-state index in [0.717, 1.165) is 26.8 Å². The minimum absolute atomic E-state index is 0.665. The summed E-state index contributed by atoms with van der Waals surface area (Å²) < 4.78 is 5.16. The highest BCUT2D eigenvalue weighted by molar-refractivity contribution is 7.18. The van der Waals surface area contributed by atoms with Crippen LogP contribution in [0.1, 0.15) is 5.56 Å². The number of nitrogens with zero attached hydrogens (tertiary/aromatic N) is 2. The molecule has 0 N–H and O–H groups in total. The van der Waals surface area contributed by atoms with Crippen LogP contribution in [0.25, 0.3) is 21.0 Å². The molecule has 0 unspecified atom stereocenters. The molecule has 0 spiro atoms. The molecule has 0 radical (unpaired) electrons. The Balaban J connectivity index is 1.89. The van der Waals surface area contributed by atoms with Crippen LogP contribution in [0.5, 0.6) is 5.75 Å². The van der Waals surface area contributed by atoms with E-state index in [9.17, 15) is 0 Å². The van der Waals surface area contributed by atoms with Crippen molar-refractivity contribution in [2.75, 3.05) is 7.11 Å². The average molecular weight is 292 g/mol. The lowest BCUT2D eigenvalue weighted by Gasteiger charge is -2.00. The number of hydrogen-bond acceptors (Lipinski definition) is 4. The molecule has 0 amide bonds. The standard InChI is InChI=1S/C17H12N2OS/c1-20-15-8-6-14(7-9-15)17-19-11-16(21-17)13-4-2-12(10-18)3-5-13/h2-9,11H,1H3. The smallest absolute Gasteiger partial charge is 0.123 e. The molecule has 0 atom stereocenters. The van der Waals surface area contributed by atoms with Crippen LogP contribution >= 0.6 is 11.3 Å². The summed E-state index contributed by atoms with van der Waals surface area (Å²) in [5.41, 5.74) is 2.81. The van der Waals surface area contributed by atoms with Gasteiger partial charge in [-0.05, 0) is 42.0 Å². The topological polar surface area (TPSA) is 45.9 Å². The predicted octanol–water partition coefficient (Wildman–Crippen LogP) is 4.36. The Kier molecular flexibility index (Phi) is 3.67. The Morgan fingerprint density at radius 2 is 1.67 bits per heavy atom. The molecule has 4 heteroatoms. The van der Waals surface area contributed by atoms with Gasteiger partial charge in [0, 0.05) is 11.8 Å². The maximum atomic E-state index is 8.82. The fraction of sp³-hybridized carbons (Fsp3) is 0.0588. The van der Waals surface area contributed by atoms with Crippen LogP contribution in [0, 0.1) is 11.3 Å². The van der Waals surface area contributed by atoms with E-state index in [2.05, 4.69) is 11.1 Å². The molecular weight excluding hydrogens is 280 g/mol. The van der Waals surface area contributed by atoms with Crippen LogP contribution in [0.15, 0.2) is 54.7 Å². The first-order valence-electron chi connectivity index (χ1n) is 6.41. The van der Waals surface area contributed by atoms with Crippen molar-refractivity contribution < 1.29 is 4.74 Å². The quantitative estimate of drug-likeness (QED) is 0.720. The van der Waals surface area contributed by atoms with Gasteiger partial charge in [0.25, 0.3) is 0 Å². The van der Waals surface area contributed by atoms with E-state index in [1.807, 2.05) is 54.7 Å². The molecule has 0 fully saturated rings. The number of ether oxygens (including phenoxy) is 1. The zero-order chi connectivity index (χ0) is 14.7. The number of rotatable bonds is 3. The first-order chi connectivity index (χ1) is 10.3. The second-order valence-electron chi connectivity index (χ2n) is 4.45. The normalized spacial score (nSPS) is 10.1. The van der Waals surface area contributed by atoms with Gasteiger partial charge in [0.2, 0.25) is 0 Å². The molecule has 0 aliphatic carbocycles. The van der Waals surface area contributed by atoms with Gasteiger partial charge in [-0.15, -0.1) is 11.3 Å². The number of benzene rings is 2. The molecule has 0 saturated carbocycles. The van der Waals surface area contributed by atoms with Crippen LogP contribution in [-0.2, 0) is 0 Å². The fourth-order valence-corrected chi connectivity index (χ4v) is 2.91. The molecule has 3 nitrogen and oxygen atoms in total. The Bertz CT molecular complexity index is 783. The minimum Gasteiger partial charge on any atom is -0.497 e. The van der Waals surface area contributed by atoms with E-state index < -0.39 is 0 Å². The van der Waals surface area contributed by atoms with Crippen molar-refractivity contribution in [3.8, 4) is 32.8 Å². The summed E-state index contributed by atoms with van der Waals surface area (Å²) in [6.45, 7) is 0. The summed E-state index contributed by atoms with van der Waals surface area (Å²) >= 11 is 1.63. The van der Waals surface area contributed by atoms with Crippen LogP contribution in [0.3, 0.4) is 0 Å². The highest BCUT2D eigenvalue weighted by Crippen LogP contribution is 2.32. The van der Waals surface area contributed by atoms with Gasteiger partial charge in [-0.3, -0.25) is 0 Å². The van der Waals surface area contributed by atoms with Crippen molar-refractivity contribution in [3.63, 3.8) is 0 Å². The highest BCUT2D eigenvalue weighted by Gasteiger charge is 2.07. The van der Waals surface area contributed by atoms with Crippen molar-refractivity contribution in [2.24, 2.45) is 0 Å². The number of thiazole rings is 1. The lowest BCUT2D eigenvalue weighted by molar-refractivity contribution is 0.415. The number of nitriles is 1. The SMILES string of the molecule is COc1ccc(-c2ncc(-c3ccc(C#N)cc3)s2)cc1. The number of aromatic nitrogens is 1. The molecule has 0 aliphatic rings. The molecule has 0 saturated heterocycles. The predicted molar refractivity (Wildman–Crippen MR) is 84.3 cm³/mol. The molecule has 1 heterocycles. The average Bonchev–Trinajstić information content (AvgIpc) is 3.05. The van der Waals surface area contributed by atoms with Crippen molar-refractivity contribution in [1.82, 2.24) is 4.98 Å². The van der Waals surface area contributed by atoms with Gasteiger partial charge in [0.1, 0.15) is 10.8 Å². The Hall–Kier alpha value is -2.64. The van der Waals surface area contributed by atoms with Crippen molar-refractivity contribution in [3.05, 3.63) is 60.3 Å². The summed E-state index contributed by atoms with van der Waals surface area (Å²) in [5.74, 6) is 0.836. The molecule has 0 aliphatic heterocycles. The molecule has 21 heavy (non-hydrogen) atoms. The Labute approximate surface area is 127 Å². The van der Waals surface area contributed by atoms with Crippen LogP contribution in [0.2, 0.25) is 0 Å². The van der Waals surface area contributed by atoms with Gasteiger partial charge in [-0.25, -0.2) is 4.98 Å². The summed E-state index contributed by atoms with van der Waals surface area (Å²) in [4.78, 5) is 5.56. The minimum atomic E-state index is 0.665. The third kappa shape index (κ3) is 2.78. The fourth-order valence-electron chi connectivity index (χ4n) is 1.98. The molecule has 102 valence electrons. The number of hydrogen-bond donors (Lipinski definition) is 0.